The first-order valence-electron chi connectivity index (χ1n) is 10.5. The van der Waals surface area contributed by atoms with Crippen LogP contribution in [-0.4, -0.2) is 39.2 Å². The maximum Gasteiger partial charge on any atom is 0.332 e. The molecule has 2 aromatic carbocycles. The molecule has 0 spiro atoms. The number of nitrogens with two attached hydrogens (primary N) is 1. The average Bonchev–Trinajstić information content (AvgIpc) is 2.78. The highest BCUT2D eigenvalue weighted by Crippen LogP contribution is 2.33. The van der Waals surface area contributed by atoms with E-state index >= 15 is 0 Å². The van der Waals surface area contributed by atoms with Crippen molar-refractivity contribution in [1.29, 1.82) is 0 Å². The van der Waals surface area contributed by atoms with Crippen molar-refractivity contribution >= 4 is 34.8 Å². The van der Waals surface area contributed by atoms with E-state index in [2.05, 4.69) is 40.0 Å². The molecule has 0 fully saturated rings. The number of carbonyl (C=O) groups excluding carboxylic acids is 1. The molecule has 32 heavy (non-hydrogen) atoms. The van der Waals surface area contributed by atoms with E-state index in [4.69, 9.17) is 24.7 Å². The van der Waals surface area contributed by atoms with Crippen LogP contribution in [0.1, 0.15) is 38.2 Å². The van der Waals surface area contributed by atoms with Gasteiger partial charge >= 0.3 is 6.03 Å². The van der Waals surface area contributed by atoms with Crippen molar-refractivity contribution < 1.29 is 23.7 Å². The van der Waals surface area contributed by atoms with Crippen LogP contribution in [0.2, 0.25) is 0 Å². The zero-order valence-electron chi connectivity index (χ0n) is 18.4. The summed E-state index contributed by atoms with van der Waals surface area (Å²) < 4.78 is 23.6. The minimum absolute atomic E-state index is 0.346. The van der Waals surface area contributed by atoms with Gasteiger partial charge in [0, 0.05) is 0 Å². The molecule has 2 aromatic rings. The van der Waals surface area contributed by atoms with E-state index in [9.17, 15) is 4.79 Å². The third-order valence-corrected chi connectivity index (χ3v) is 5.13. The molecule has 0 bridgehead atoms. The van der Waals surface area contributed by atoms with Gasteiger partial charge in [-0.15, -0.1) is 0 Å². The Morgan fingerprint density at radius 1 is 1.03 bits per heavy atom. The van der Waals surface area contributed by atoms with Crippen molar-refractivity contribution in [2.75, 3.05) is 26.9 Å². The number of nitrogens with zero attached hydrogens (tertiary/aromatic N) is 1. The second-order valence-corrected chi connectivity index (χ2v) is 8.01. The number of halogens is 1. The molecular weight excluding hydrogens is 525 g/mol. The first-order chi connectivity index (χ1) is 15.5. The highest BCUT2D eigenvalue weighted by atomic mass is 127. The lowest BCUT2D eigenvalue weighted by Crippen LogP contribution is -2.24. The van der Waals surface area contributed by atoms with Gasteiger partial charge in [-0.1, -0.05) is 26.2 Å². The Morgan fingerprint density at radius 2 is 1.69 bits per heavy atom. The molecule has 3 N–H and O–H groups in total. The Bertz CT molecular complexity index is 875. The number of hydrogen-bond donors (Lipinski definition) is 2. The number of urea groups is 1. The van der Waals surface area contributed by atoms with Crippen LogP contribution < -0.4 is 30.1 Å². The number of benzene rings is 2. The van der Waals surface area contributed by atoms with Crippen LogP contribution in [0.25, 0.3) is 0 Å². The molecule has 174 valence electrons. The van der Waals surface area contributed by atoms with E-state index in [1.807, 2.05) is 30.3 Å². The molecule has 0 aliphatic rings. The number of rotatable bonds is 14. The number of hydrazone groups is 1. The molecule has 9 heteroatoms. The Kier molecular flexibility index (Phi) is 11.5. The fourth-order valence-electron chi connectivity index (χ4n) is 2.78. The summed E-state index contributed by atoms with van der Waals surface area (Å²) >= 11 is 2.15. The van der Waals surface area contributed by atoms with E-state index in [-0.39, 0.29) is 0 Å². The maximum atomic E-state index is 10.7. The summed E-state index contributed by atoms with van der Waals surface area (Å²) in [6, 6.07) is 10.5. The molecule has 0 radical (unpaired) electrons. The second kappa shape index (κ2) is 14.4. The van der Waals surface area contributed by atoms with Gasteiger partial charge in [-0.3, -0.25) is 0 Å². The zero-order valence-corrected chi connectivity index (χ0v) is 20.6. The molecule has 0 aliphatic carbocycles. The summed E-state index contributed by atoms with van der Waals surface area (Å²) in [5, 5.41) is 3.75. The van der Waals surface area contributed by atoms with Crippen LogP contribution >= 0.6 is 22.6 Å². The number of carbonyl (C=O) groups is 1. The van der Waals surface area contributed by atoms with Gasteiger partial charge in [0.1, 0.15) is 24.7 Å². The van der Waals surface area contributed by atoms with Gasteiger partial charge in [0.2, 0.25) is 0 Å². The monoisotopic (exact) mass is 555 g/mol. The first-order valence-corrected chi connectivity index (χ1v) is 11.6. The first kappa shape index (κ1) is 25.6. The molecule has 0 saturated heterocycles. The molecule has 2 rings (SSSR count). The number of unbranched alkanes of at least 4 members (excludes halogenated alkanes) is 3. The van der Waals surface area contributed by atoms with Gasteiger partial charge in [-0.25, -0.2) is 10.2 Å². The van der Waals surface area contributed by atoms with Crippen LogP contribution in [0, 0.1) is 3.57 Å². The summed E-state index contributed by atoms with van der Waals surface area (Å²) in [7, 11) is 1.56. The Hall–Kier alpha value is -2.69. The molecule has 0 unspecified atom stereocenters. The van der Waals surface area contributed by atoms with E-state index in [1.165, 1.54) is 25.5 Å². The van der Waals surface area contributed by atoms with Gasteiger partial charge in [0.25, 0.3) is 0 Å². The van der Waals surface area contributed by atoms with Crippen LogP contribution in [0.15, 0.2) is 41.5 Å². The third-order valence-electron chi connectivity index (χ3n) is 4.33. The van der Waals surface area contributed by atoms with Gasteiger partial charge in [0.15, 0.2) is 11.5 Å². The van der Waals surface area contributed by atoms with Crippen molar-refractivity contribution in [2.45, 2.75) is 32.6 Å². The SMILES string of the molecule is CCCCCCOc1ccc(OCCOc2c(I)cc(/C=N\NC(N)=O)cc2OC)cc1. The summed E-state index contributed by atoms with van der Waals surface area (Å²) in [5.41, 5.74) is 7.88. The van der Waals surface area contributed by atoms with E-state index in [1.54, 1.807) is 13.2 Å². The molecule has 0 saturated carbocycles. The lowest BCUT2D eigenvalue weighted by Gasteiger charge is -2.14. The lowest BCUT2D eigenvalue weighted by molar-refractivity contribution is 0.210. The van der Waals surface area contributed by atoms with Crippen molar-refractivity contribution in [1.82, 2.24) is 5.43 Å². The molecule has 8 nitrogen and oxygen atoms in total. The van der Waals surface area contributed by atoms with Crippen LogP contribution in [0.5, 0.6) is 23.0 Å². The molecule has 0 aliphatic heterocycles. The van der Waals surface area contributed by atoms with Crippen molar-refractivity contribution in [2.24, 2.45) is 10.8 Å². The molecule has 0 atom stereocenters. The number of ether oxygens (including phenoxy) is 4. The van der Waals surface area contributed by atoms with Gasteiger partial charge < -0.3 is 24.7 Å². The molecular formula is C23H30IN3O5. The topological polar surface area (TPSA) is 104 Å². The van der Waals surface area contributed by atoms with Crippen LogP contribution in [-0.2, 0) is 0 Å². The van der Waals surface area contributed by atoms with Crippen molar-refractivity contribution in [3.8, 4) is 23.0 Å². The van der Waals surface area contributed by atoms with Gasteiger partial charge in [-0.2, -0.15) is 5.10 Å². The number of primary amides is 1. The average molecular weight is 555 g/mol. The van der Waals surface area contributed by atoms with Crippen LogP contribution in [0.4, 0.5) is 4.79 Å². The normalized spacial score (nSPS) is 10.7. The zero-order chi connectivity index (χ0) is 23.2. The van der Waals surface area contributed by atoms with Crippen LogP contribution in [0.3, 0.4) is 0 Å². The molecule has 0 aromatic heterocycles. The summed E-state index contributed by atoms with van der Waals surface area (Å²) in [6.07, 6.45) is 6.21. The molecule has 0 heterocycles. The second-order valence-electron chi connectivity index (χ2n) is 6.85. The number of methoxy groups -OCH3 is 1. The minimum Gasteiger partial charge on any atom is -0.494 e. The Labute approximate surface area is 202 Å². The van der Waals surface area contributed by atoms with Crippen molar-refractivity contribution in [3.05, 3.63) is 45.5 Å². The summed E-state index contributed by atoms with van der Waals surface area (Å²) in [6.45, 7) is 3.66. The Morgan fingerprint density at radius 3 is 2.31 bits per heavy atom. The quantitative estimate of drug-likeness (QED) is 0.152. The molecule has 2 amide bonds. The summed E-state index contributed by atoms with van der Waals surface area (Å²) in [5.74, 6) is 2.77. The minimum atomic E-state index is -0.729. The standard InChI is InChI=1S/C23H30IN3O5/c1-3-4-5-6-11-30-18-7-9-19(10-8-18)31-12-13-32-22-20(24)14-17(15-21(22)29-2)16-26-27-23(25)28/h7-10,14-16H,3-6,11-13H2,1-2H3,(H3,25,27,28)/b26-16-. The number of nitrogens with one attached hydrogen (secondary N) is 1. The maximum absolute atomic E-state index is 10.7. The highest BCUT2D eigenvalue weighted by Gasteiger charge is 2.11. The fourth-order valence-corrected chi connectivity index (χ4v) is 3.56. The smallest absolute Gasteiger partial charge is 0.332 e. The number of amides is 2. The van der Waals surface area contributed by atoms with Gasteiger partial charge in [0.05, 0.1) is 23.5 Å². The van der Waals surface area contributed by atoms with E-state index in [0.29, 0.717) is 24.7 Å². The lowest BCUT2D eigenvalue weighted by atomic mass is 10.2. The fraction of sp³-hybridized carbons (Fsp3) is 0.391. The number of hydrogen-bond acceptors (Lipinski definition) is 6. The Balaban J connectivity index is 1.80. The van der Waals surface area contributed by atoms with E-state index < -0.39 is 6.03 Å². The van der Waals surface area contributed by atoms with Gasteiger partial charge in [-0.05, 0) is 71.0 Å². The largest absolute Gasteiger partial charge is 0.494 e. The highest BCUT2D eigenvalue weighted by molar-refractivity contribution is 14.1. The van der Waals surface area contributed by atoms with Crippen molar-refractivity contribution in [3.63, 3.8) is 0 Å². The summed E-state index contributed by atoms with van der Waals surface area (Å²) in [4.78, 5) is 10.7. The van der Waals surface area contributed by atoms with E-state index in [0.717, 1.165) is 33.7 Å². The predicted octanol–water partition coefficient (Wildman–Crippen LogP) is 4.72. The third kappa shape index (κ3) is 9.21. The predicted molar refractivity (Wildman–Crippen MR) is 133 cm³/mol.